The number of ether oxygens (including phenoxy) is 1. The van der Waals surface area contributed by atoms with Gasteiger partial charge in [-0.15, -0.1) is 0 Å². The SMILES string of the molecule is CC(=O)Nc1ccc(Cl)c(C(=O)NCCOc2ccccc2)c1. The largest absolute Gasteiger partial charge is 0.492 e. The fourth-order valence-corrected chi connectivity index (χ4v) is 2.13. The van der Waals surface area contributed by atoms with Gasteiger partial charge >= 0.3 is 0 Å². The molecule has 0 aliphatic carbocycles. The Bertz CT molecular complexity index is 689. The van der Waals surface area contributed by atoms with Crippen molar-refractivity contribution in [3.63, 3.8) is 0 Å². The Morgan fingerprint density at radius 1 is 1.13 bits per heavy atom. The fourth-order valence-electron chi connectivity index (χ4n) is 1.93. The molecule has 0 spiro atoms. The number of rotatable bonds is 6. The average molecular weight is 333 g/mol. The van der Waals surface area contributed by atoms with E-state index in [-0.39, 0.29) is 11.8 Å². The van der Waals surface area contributed by atoms with E-state index in [1.54, 1.807) is 12.1 Å². The van der Waals surface area contributed by atoms with Crippen molar-refractivity contribution in [2.45, 2.75) is 6.92 Å². The van der Waals surface area contributed by atoms with Gasteiger partial charge in [0.2, 0.25) is 5.91 Å². The summed E-state index contributed by atoms with van der Waals surface area (Å²) in [5.41, 5.74) is 0.824. The summed E-state index contributed by atoms with van der Waals surface area (Å²) in [6.45, 7) is 2.09. The fraction of sp³-hybridized carbons (Fsp3) is 0.176. The standard InChI is InChI=1S/C17H17ClN2O3/c1-12(21)20-13-7-8-16(18)15(11-13)17(22)19-9-10-23-14-5-3-2-4-6-14/h2-8,11H,9-10H2,1H3,(H,19,22)(H,20,21). The lowest BCUT2D eigenvalue weighted by Crippen LogP contribution is -2.28. The lowest BCUT2D eigenvalue weighted by molar-refractivity contribution is -0.114. The molecule has 5 nitrogen and oxygen atoms in total. The van der Waals surface area contributed by atoms with E-state index in [0.717, 1.165) is 5.75 Å². The number of benzene rings is 2. The second kappa shape index (κ2) is 8.19. The highest BCUT2D eigenvalue weighted by Gasteiger charge is 2.11. The van der Waals surface area contributed by atoms with Crippen LogP contribution in [0.2, 0.25) is 5.02 Å². The summed E-state index contributed by atoms with van der Waals surface area (Å²) >= 11 is 6.03. The molecule has 0 bridgehead atoms. The molecule has 6 heteroatoms. The minimum atomic E-state index is -0.320. The molecule has 0 aromatic heterocycles. The van der Waals surface area contributed by atoms with Gasteiger partial charge in [0.15, 0.2) is 0 Å². The number of carbonyl (C=O) groups excluding carboxylic acids is 2. The maximum Gasteiger partial charge on any atom is 0.252 e. The third-order valence-electron chi connectivity index (χ3n) is 2.93. The van der Waals surface area contributed by atoms with E-state index in [2.05, 4.69) is 10.6 Å². The van der Waals surface area contributed by atoms with Crippen molar-refractivity contribution < 1.29 is 14.3 Å². The number of halogens is 1. The first-order chi connectivity index (χ1) is 11.1. The van der Waals surface area contributed by atoms with Crippen LogP contribution in [0.5, 0.6) is 5.75 Å². The molecule has 2 amide bonds. The number of carbonyl (C=O) groups is 2. The molecule has 23 heavy (non-hydrogen) atoms. The monoisotopic (exact) mass is 332 g/mol. The highest BCUT2D eigenvalue weighted by atomic mass is 35.5. The zero-order chi connectivity index (χ0) is 16.7. The molecular formula is C17H17ClN2O3. The van der Waals surface area contributed by atoms with Gasteiger partial charge in [0.05, 0.1) is 17.1 Å². The summed E-state index contributed by atoms with van der Waals surface area (Å²) in [6, 6.07) is 14.1. The minimum Gasteiger partial charge on any atom is -0.492 e. The first kappa shape index (κ1) is 16.8. The Kier molecular flexibility index (Phi) is 6.00. The van der Waals surface area contributed by atoms with Gasteiger partial charge in [-0.25, -0.2) is 0 Å². The van der Waals surface area contributed by atoms with Gasteiger partial charge in [-0.1, -0.05) is 29.8 Å². The highest BCUT2D eigenvalue weighted by Crippen LogP contribution is 2.20. The number of anilines is 1. The van der Waals surface area contributed by atoms with E-state index >= 15 is 0 Å². The van der Waals surface area contributed by atoms with Crippen LogP contribution in [-0.4, -0.2) is 25.0 Å². The molecular weight excluding hydrogens is 316 g/mol. The lowest BCUT2D eigenvalue weighted by Gasteiger charge is -2.10. The van der Waals surface area contributed by atoms with E-state index in [0.29, 0.717) is 29.4 Å². The molecule has 2 rings (SSSR count). The van der Waals surface area contributed by atoms with Gasteiger partial charge in [0, 0.05) is 12.6 Å². The van der Waals surface area contributed by atoms with Gasteiger partial charge in [-0.2, -0.15) is 0 Å². The first-order valence-electron chi connectivity index (χ1n) is 7.09. The Balaban J connectivity index is 1.88. The molecule has 0 saturated heterocycles. The summed E-state index contributed by atoms with van der Waals surface area (Å²) in [6.07, 6.45) is 0. The van der Waals surface area contributed by atoms with E-state index in [1.165, 1.54) is 13.0 Å². The van der Waals surface area contributed by atoms with Crippen LogP contribution in [0.15, 0.2) is 48.5 Å². The zero-order valence-electron chi connectivity index (χ0n) is 12.6. The van der Waals surface area contributed by atoms with E-state index in [1.807, 2.05) is 30.3 Å². The van der Waals surface area contributed by atoms with Crippen LogP contribution < -0.4 is 15.4 Å². The molecule has 0 aliphatic heterocycles. The number of nitrogens with one attached hydrogen (secondary N) is 2. The number of hydrogen-bond acceptors (Lipinski definition) is 3. The van der Waals surface area contributed by atoms with Gasteiger partial charge < -0.3 is 15.4 Å². The second-order valence-electron chi connectivity index (χ2n) is 4.79. The molecule has 0 atom stereocenters. The first-order valence-corrected chi connectivity index (χ1v) is 7.47. The third-order valence-corrected chi connectivity index (χ3v) is 3.26. The lowest BCUT2D eigenvalue weighted by atomic mass is 10.2. The Morgan fingerprint density at radius 3 is 2.57 bits per heavy atom. The molecule has 2 aromatic carbocycles. The third kappa shape index (κ3) is 5.30. The quantitative estimate of drug-likeness (QED) is 0.799. The Morgan fingerprint density at radius 2 is 1.87 bits per heavy atom. The topological polar surface area (TPSA) is 67.4 Å². The van der Waals surface area contributed by atoms with Gasteiger partial charge in [-0.3, -0.25) is 9.59 Å². The van der Waals surface area contributed by atoms with Crippen molar-refractivity contribution in [2.75, 3.05) is 18.5 Å². The van der Waals surface area contributed by atoms with E-state index < -0.39 is 0 Å². The maximum absolute atomic E-state index is 12.2. The van der Waals surface area contributed by atoms with Crippen LogP contribution in [0.4, 0.5) is 5.69 Å². The van der Waals surface area contributed by atoms with Gasteiger partial charge in [0.1, 0.15) is 12.4 Å². The molecule has 2 N–H and O–H groups in total. The number of para-hydroxylation sites is 1. The van der Waals surface area contributed by atoms with Crippen LogP contribution in [0.3, 0.4) is 0 Å². The van der Waals surface area contributed by atoms with Crippen molar-refractivity contribution in [1.82, 2.24) is 5.32 Å². The summed E-state index contributed by atoms with van der Waals surface area (Å²) in [5, 5.41) is 5.66. The maximum atomic E-state index is 12.2. The zero-order valence-corrected chi connectivity index (χ0v) is 13.4. The highest BCUT2D eigenvalue weighted by molar-refractivity contribution is 6.34. The van der Waals surface area contributed by atoms with Crippen LogP contribution in [0, 0.1) is 0 Å². The van der Waals surface area contributed by atoms with Crippen LogP contribution in [-0.2, 0) is 4.79 Å². The van der Waals surface area contributed by atoms with Crippen molar-refractivity contribution in [2.24, 2.45) is 0 Å². The Labute approximate surface area is 139 Å². The van der Waals surface area contributed by atoms with Crippen molar-refractivity contribution >= 4 is 29.1 Å². The minimum absolute atomic E-state index is 0.213. The van der Waals surface area contributed by atoms with E-state index in [9.17, 15) is 9.59 Å². The molecule has 0 aliphatic rings. The average Bonchev–Trinajstić information content (AvgIpc) is 2.53. The van der Waals surface area contributed by atoms with E-state index in [4.69, 9.17) is 16.3 Å². The van der Waals surface area contributed by atoms with Crippen LogP contribution in [0.25, 0.3) is 0 Å². The van der Waals surface area contributed by atoms with Crippen LogP contribution >= 0.6 is 11.6 Å². The summed E-state index contributed by atoms with van der Waals surface area (Å²) in [7, 11) is 0. The summed E-state index contributed by atoms with van der Waals surface area (Å²) in [4.78, 5) is 23.2. The van der Waals surface area contributed by atoms with Crippen molar-refractivity contribution in [1.29, 1.82) is 0 Å². The predicted molar refractivity (Wildman–Crippen MR) is 90.0 cm³/mol. The summed E-state index contributed by atoms with van der Waals surface area (Å²) < 4.78 is 5.49. The Hall–Kier alpha value is -2.53. The molecule has 0 unspecified atom stereocenters. The molecule has 2 aromatic rings. The molecule has 0 saturated carbocycles. The number of hydrogen-bond donors (Lipinski definition) is 2. The normalized spacial score (nSPS) is 10.0. The molecule has 120 valence electrons. The second-order valence-corrected chi connectivity index (χ2v) is 5.20. The molecule has 0 radical (unpaired) electrons. The van der Waals surface area contributed by atoms with Crippen LogP contribution in [0.1, 0.15) is 17.3 Å². The summed E-state index contributed by atoms with van der Waals surface area (Å²) in [5.74, 6) is 0.209. The van der Waals surface area contributed by atoms with Gasteiger partial charge in [0.25, 0.3) is 5.91 Å². The predicted octanol–water partition coefficient (Wildman–Crippen LogP) is 3.11. The molecule has 0 heterocycles. The smallest absolute Gasteiger partial charge is 0.252 e. The molecule has 0 fully saturated rings. The van der Waals surface area contributed by atoms with Crippen molar-refractivity contribution in [3.8, 4) is 5.75 Å². The number of amides is 2. The van der Waals surface area contributed by atoms with Gasteiger partial charge in [-0.05, 0) is 30.3 Å². The van der Waals surface area contributed by atoms with Crippen molar-refractivity contribution in [3.05, 3.63) is 59.1 Å².